The second-order valence-electron chi connectivity index (χ2n) is 5.94. The highest BCUT2D eigenvalue weighted by atomic mass is 16.4. The molecule has 176 valence electrons. The summed E-state index contributed by atoms with van der Waals surface area (Å²) in [4.78, 5) is 68.8. The highest BCUT2D eigenvalue weighted by molar-refractivity contribution is 5.93. The van der Waals surface area contributed by atoms with E-state index in [2.05, 4.69) is 21.3 Å². The van der Waals surface area contributed by atoms with Gasteiger partial charge in [0.05, 0.1) is 32.9 Å². The molecule has 0 rings (SSSR count). The number of aliphatic hydroxyl groups is 3. The summed E-state index contributed by atoms with van der Waals surface area (Å²) >= 11 is 0. The molecule has 0 unspecified atom stereocenters. The monoisotopic (exact) mass is 450 g/mol. The number of carboxylic acids is 1. The SMILES string of the molecule is N[C@@H](CO)C(=O)N[C@@H](CO)C(=O)NCC(=O)NCC(=O)N[C@@H](CO)C(=O)NCC(=O)O. The molecule has 3 atom stereocenters. The molecule has 0 spiro atoms. The van der Waals surface area contributed by atoms with Crippen LogP contribution in [0.3, 0.4) is 0 Å². The van der Waals surface area contributed by atoms with Crippen molar-refractivity contribution >= 4 is 35.5 Å². The molecular formula is C15H26N6O10. The minimum absolute atomic E-state index is 0.632. The number of hydrogen-bond acceptors (Lipinski definition) is 10. The number of rotatable bonds is 14. The van der Waals surface area contributed by atoms with Crippen LogP contribution in [0.2, 0.25) is 0 Å². The maximum absolute atomic E-state index is 11.9. The minimum Gasteiger partial charge on any atom is -0.480 e. The zero-order valence-electron chi connectivity index (χ0n) is 16.3. The van der Waals surface area contributed by atoms with Gasteiger partial charge in [-0.2, -0.15) is 0 Å². The summed E-state index contributed by atoms with van der Waals surface area (Å²) in [6.07, 6.45) is 0. The average Bonchev–Trinajstić information content (AvgIpc) is 2.75. The molecule has 0 aromatic carbocycles. The Labute approximate surface area is 175 Å². The van der Waals surface area contributed by atoms with E-state index >= 15 is 0 Å². The van der Waals surface area contributed by atoms with Crippen molar-refractivity contribution in [1.82, 2.24) is 26.6 Å². The Hall–Kier alpha value is -3.34. The van der Waals surface area contributed by atoms with Crippen molar-refractivity contribution in [3.05, 3.63) is 0 Å². The molecule has 0 aliphatic carbocycles. The summed E-state index contributed by atoms with van der Waals surface area (Å²) in [5.41, 5.74) is 5.26. The first kappa shape index (κ1) is 27.7. The molecule has 0 aliphatic rings. The van der Waals surface area contributed by atoms with Crippen LogP contribution in [-0.2, 0) is 28.8 Å². The van der Waals surface area contributed by atoms with Gasteiger partial charge < -0.3 is 52.7 Å². The standard InChI is InChI=1S/C15H26N6O10/c16-7(4-22)13(29)21-9(6-24)15(31)18-1-10(25)17-2-11(26)20-8(5-23)14(30)19-3-12(27)28/h7-9,22-24H,1-6,16H2,(H,17,25)(H,18,31)(H,19,30)(H,20,26)(H,21,29)(H,27,28)/t7-,8-,9-/m0/s1. The smallest absolute Gasteiger partial charge is 0.322 e. The van der Waals surface area contributed by atoms with Crippen molar-refractivity contribution in [2.45, 2.75) is 18.1 Å². The van der Waals surface area contributed by atoms with E-state index in [1.54, 1.807) is 0 Å². The highest BCUT2D eigenvalue weighted by Crippen LogP contribution is 1.87. The summed E-state index contributed by atoms with van der Waals surface area (Å²) < 4.78 is 0. The van der Waals surface area contributed by atoms with E-state index in [-0.39, 0.29) is 0 Å². The molecule has 0 fully saturated rings. The van der Waals surface area contributed by atoms with Gasteiger partial charge in [-0.05, 0) is 0 Å². The van der Waals surface area contributed by atoms with Gasteiger partial charge in [-0.1, -0.05) is 0 Å². The Kier molecular flexibility index (Phi) is 13.0. The van der Waals surface area contributed by atoms with Gasteiger partial charge >= 0.3 is 5.97 Å². The first-order valence-corrected chi connectivity index (χ1v) is 8.77. The second-order valence-corrected chi connectivity index (χ2v) is 5.94. The number of carbonyl (C=O) groups is 6. The molecule has 0 aromatic heterocycles. The third kappa shape index (κ3) is 11.4. The minimum atomic E-state index is -1.44. The van der Waals surface area contributed by atoms with Gasteiger partial charge in [-0.15, -0.1) is 0 Å². The van der Waals surface area contributed by atoms with Gasteiger partial charge in [0.1, 0.15) is 24.7 Å². The largest absolute Gasteiger partial charge is 0.480 e. The Morgan fingerprint density at radius 3 is 1.61 bits per heavy atom. The molecule has 16 heteroatoms. The number of carboxylic acid groups (broad SMARTS) is 1. The van der Waals surface area contributed by atoms with Crippen LogP contribution in [0.15, 0.2) is 0 Å². The summed E-state index contributed by atoms with van der Waals surface area (Å²) in [6.45, 7) is -4.31. The van der Waals surface area contributed by atoms with Crippen molar-refractivity contribution < 1.29 is 49.2 Å². The quantitative estimate of drug-likeness (QED) is 0.119. The Morgan fingerprint density at radius 1 is 0.645 bits per heavy atom. The van der Waals surface area contributed by atoms with E-state index < -0.39 is 93.1 Å². The molecule has 31 heavy (non-hydrogen) atoms. The number of hydrogen-bond donors (Lipinski definition) is 10. The molecule has 0 saturated heterocycles. The Morgan fingerprint density at radius 2 is 1.13 bits per heavy atom. The van der Waals surface area contributed by atoms with Crippen molar-refractivity contribution in [3.63, 3.8) is 0 Å². The highest BCUT2D eigenvalue weighted by Gasteiger charge is 2.23. The van der Waals surface area contributed by atoms with Crippen molar-refractivity contribution in [1.29, 1.82) is 0 Å². The van der Waals surface area contributed by atoms with Crippen LogP contribution in [0.5, 0.6) is 0 Å². The Bertz CT molecular complexity index is 673. The van der Waals surface area contributed by atoms with Gasteiger partial charge in [-0.3, -0.25) is 28.8 Å². The van der Waals surface area contributed by atoms with Gasteiger partial charge in [0.15, 0.2) is 0 Å². The number of nitrogens with two attached hydrogens (primary N) is 1. The maximum atomic E-state index is 11.9. The van der Waals surface area contributed by atoms with Crippen LogP contribution in [0.1, 0.15) is 0 Å². The summed E-state index contributed by atoms with van der Waals surface area (Å²) in [5, 5.41) is 45.8. The van der Waals surface area contributed by atoms with Crippen LogP contribution < -0.4 is 32.3 Å². The first-order valence-electron chi connectivity index (χ1n) is 8.77. The molecule has 16 nitrogen and oxygen atoms in total. The number of carbonyl (C=O) groups excluding carboxylic acids is 5. The zero-order chi connectivity index (χ0) is 24.0. The summed E-state index contributed by atoms with van der Waals surface area (Å²) in [6, 6.07) is -4.18. The zero-order valence-corrected chi connectivity index (χ0v) is 16.3. The predicted octanol–water partition coefficient (Wildman–Crippen LogP) is -7.31. The third-order valence-electron chi connectivity index (χ3n) is 3.47. The number of amides is 5. The van der Waals surface area contributed by atoms with E-state index in [0.717, 1.165) is 0 Å². The van der Waals surface area contributed by atoms with Gasteiger partial charge in [0, 0.05) is 0 Å². The van der Waals surface area contributed by atoms with Crippen LogP contribution >= 0.6 is 0 Å². The van der Waals surface area contributed by atoms with E-state index in [1.165, 1.54) is 0 Å². The fourth-order valence-corrected chi connectivity index (χ4v) is 1.81. The van der Waals surface area contributed by atoms with Crippen molar-refractivity contribution in [3.8, 4) is 0 Å². The number of aliphatic carboxylic acids is 1. The number of aliphatic hydroxyl groups excluding tert-OH is 3. The van der Waals surface area contributed by atoms with Gasteiger partial charge in [0.25, 0.3) is 0 Å². The first-order chi connectivity index (χ1) is 14.5. The molecule has 0 radical (unpaired) electrons. The summed E-state index contributed by atoms with van der Waals surface area (Å²) in [7, 11) is 0. The lowest BCUT2D eigenvalue weighted by atomic mass is 10.2. The van der Waals surface area contributed by atoms with E-state index in [1.807, 2.05) is 5.32 Å². The Balaban J connectivity index is 4.40. The van der Waals surface area contributed by atoms with Crippen LogP contribution in [0, 0.1) is 0 Å². The molecular weight excluding hydrogens is 424 g/mol. The lowest BCUT2D eigenvalue weighted by Crippen LogP contribution is -2.55. The van der Waals surface area contributed by atoms with Gasteiger partial charge in [0.2, 0.25) is 29.5 Å². The maximum Gasteiger partial charge on any atom is 0.322 e. The second kappa shape index (κ2) is 14.6. The van der Waals surface area contributed by atoms with Crippen molar-refractivity contribution in [2.75, 3.05) is 39.5 Å². The average molecular weight is 450 g/mol. The van der Waals surface area contributed by atoms with Crippen LogP contribution in [0.4, 0.5) is 0 Å². The fourth-order valence-electron chi connectivity index (χ4n) is 1.81. The molecule has 0 aliphatic heterocycles. The van der Waals surface area contributed by atoms with Crippen LogP contribution in [-0.4, -0.2) is 114 Å². The molecule has 0 saturated carbocycles. The topological polar surface area (TPSA) is 270 Å². The van der Waals surface area contributed by atoms with Gasteiger partial charge in [-0.25, -0.2) is 0 Å². The molecule has 11 N–H and O–H groups in total. The molecule has 0 bridgehead atoms. The lowest BCUT2D eigenvalue weighted by Gasteiger charge is -2.18. The lowest BCUT2D eigenvalue weighted by molar-refractivity contribution is -0.138. The van der Waals surface area contributed by atoms with E-state index in [9.17, 15) is 28.8 Å². The number of nitrogens with one attached hydrogen (secondary N) is 5. The molecule has 0 heterocycles. The normalized spacial score (nSPS) is 13.2. The van der Waals surface area contributed by atoms with E-state index in [0.29, 0.717) is 0 Å². The molecule has 5 amide bonds. The van der Waals surface area contributed by atoms with Crippen LogP contribution in [0.25, 0.3) is 0 Å². The fraction of sp³-hybridized carbons (Fsp3) is 0.600. The summed E-state index contributed by atoms with van der Waals surface area (Å²) in [5.74, 6) is -5.84. The molecule has 0 aromatic rings. The van der Waals surface area contributed by atoms with E-state index in [4.69, 9.17) is 26.2 Å². The third-order valence-corrected chi connectivity index (χ3v) is 3.47. The predicted molar refractivity (Wildman–Crippen MR) is 99.8 cm³/mol. The van der Waals surface area contributed by atoms with Crippen molar-refractivity contribution in [2.24, 2.45) is 5.73 Å².